The van der Waals surface area contributed by atoms with Gasteiger partial charge in [-0.3, -0.25) is 4.79 Å². The molecule has 1 N–H and O–H groups in total. The number of nitrogens with zero attached hydrogens (tertiary/aromatic N) is 1. The highest BCUT2D eigenvalue weighted by molar-refractivity contribution is 6.04. The average Bonchev–Trinajstić information content (AvgIpc) is 2.98. The van der Waals surface area contributed by atoms with Crippen LogP contribution in [0.2, 0.25) is 0 Å². The molecule has 0 bridgehead atoms. The molecule has 0 unspecified atom stereocenters. The zero-order valence-corrected chi connectivity index (χ0v) is 14.5. The van der Waals surface area contributed by atoms with Crippen LogP contribution in [0.1, 0.15) is 27.4 Å². The fourth-order valence-corrected chi connectivity index (χ4v) is 2.41. The summed E-state index contributed by atoms with van der Waals surface area (Å²) < 4.78 is 50.7. The molecule has 27 heavy (non-hydrogen) atoms. The molecule has 0 aliphatic carbocycles. The minimum Gasteiger partial charge on any atom is -0.489 e. The highest BCUT2D eigenvalue weighted by atomic mass is 19.2. The molecule has 1 heterocycles. The number of carbonyl (C=O) groups excluding carboxylic acids is 1. The third kappa shape index (κ3) is 3.94. The predicted octanol–water partition coefficient (Wildman–Crippen LogP) is 4.54. The molecule has 2 aromatic carbocycles. The van der Waals surface area contributed by atoms with Gasteiger partial charge in [-0.05, 0) is 44.2 Å². The molecule has 0 saturated carbocycles. The molecular formula is C19H15F3N2O3. The van der Waals surface area contributed by atoms with E-state index in [2.05, 4.69) is 10.5 Å². The lowest BCUT2D eigenvalue weighted by atomic mass is 10.2. The van der Waals surface area contributed by atoms with Gasteiger partial charge in [0.2, 0.25) is 0 Å². The molecule has 140 valence electrons. The van der Waals surface area contributed by atoms with Crippen molar-refractivity contribution in [2.45, 2.75) is 20.5 Å². The zero-order valence-electron chi connectivity index (χ0n) is 14.5. The maximum absolute atomic E-state index is 13.7. The number of hydrogen-bond donors (Lipinski definition) is 1. The molecule has 3 rings (SSSR count). The first-order valence-electron chi connectivity index (χ1n) is 7.96. The molecule has 8 heteroatoms. The van der Waals surface area contributed by atoms with Crippen LogP contribution < -0.4 is 10.1 Å². The summed E-state index contributed by atoms with van der Waals surface area (Å²) >= 11 is 0. The topological polar surface area (TPSA) is 64.4 Å². The van der Waals surface area contributed by atoms with Crippen molar-refractivity contribution in [3.63, 3.8) is 0 Å². The Morgan fingerprint density at radius 1 is 1.15 bits per heavy atom. The van der Waals surface area contributed by atoms with Crippen molar-refractivity contribution in [2.24, 2.45) is 0 Å². The van der Waals surface area contributed by atoms with Crippen molar-refractivity contribution in [3.8, 4) is 5.75 Å². The molecule has 0 aliphatic heterocycles. The number of rotatable bonds is 5. The van der Waals surface area contributed by atoms with Crippen LogP contribution in [-0.4, -0.2) is 11.1 Å². The first-order chi connectivity index (χ1) is 12.9. The predicted molar refractivity (Wildman–Crippen MR) is 91.0 cm³/mol. The van der Waals surface area contributed by atoms with Gasteiger partial charge in [-0.25, -0.2) is 13.2 Å². The van der Waals surface area contributed by atoms with E-state index in [0.717, 1.165) is 17.7 Å². The van der Waals surface area contributed by atoms with Crippen LogP contribution in [-0.2, 0) is 6.61 Å². The van der Waals surface area contributed by atoms with Crippen LogP contribution in [0.5, 0.6) is 5.75 Å². The third-order valence-corrected chi connectivity index (χ3v) is 3.94. The fraction of sp³-hybridized carbons (Fsp3) is 0.158. The number of ether oxygens (including phenoxy) is 1. The maximum Gasteiger partial charge on any atom is 0.255 e. The van der Waals surface area contributed by atoms with Gasteiger partial charge in [0.05, 0.1) is 16.9 Å². The van der Waals surface area contributed by atoms with E-state index in [0.29, 0.717) is 17.2 Å². The molecule has 1 aromatic heterocycles. The van der Waals surface area contributed by atoms with Gasteiger partial charge < -0.3 is 14.6 Å². The molecule has 1 amide bonds. The van der Waals surface area contributed by atoms with E-state index in [1.165, 1.54) is 12.1 Å². The fourth-order valence-electron chi connectivity index (χ4n) is 2.41. The van der Waals surface area contributed by atoms with Gasteiger partial charge in [-0.1, -0.05) is 11.2 Å². The number of aryl methyl sites for hydroxylation is 2. The lowest BCUT2D eigenvalue weighted by molar-refractivity contribution is 0.102. The highest BCUT2D eigenvalue weighted by Gasteiger charge is 2.16. The Morgan fingerprint density at radius 2 is 1.93 bits per heavy atom. The summed E-state index contributed by atoms with van der Waals surface area (Å²) in [6.07, 6.45) is 0. The van der Waals surface area contributed by atoms with Gasteiger partial charge in [0.25, 0.3) is 5.91 Å². The van der Waals surface area contributed by atoms with Crippen LogP contribution in [0.25, 0.3) is 0 Å². The number of amides is 1. The van der Waals surface area contributed by atoms with E-state index in [4.69, 9.17) is 9.26 Å². The van der Waals surface area contributed by atoms with E-state index in [1.807, 2.05) is 0 Å². The molecule has 0 fully saturated rings. The second-order valence-corrected chi connectivity index (χ2v) is 5.80. The Bertz CT molecular complexity index is 982. The lowest BCUT2D eigenvalue weighted by Gasteiger charge is -2.10. The number of anilines is 1. The van der Waals surface area contributed by atoms with Gasteiger partial charge in [0, 0.05) is 5.56 Å². The smallest absolute Gasteiger partial charge is 0.255 e. The number of benzene rings is 2. The Kier molecular flexibility index (Phi) is 5.16. The van der Waals surface area contributed by atoms with Gasteiger partial charge in [0.15, 0.2) is 17.5 Å². The van der Waals surface area contributed by atoms with Crippen molar-refractivity contribution in [3.05, 3.63) is 76.4 Å². The summed E-state index contributed by atoms with van der Waals surface area (Å²) in [5, 5.41) is 6.04. The number of aromatic nitrogens is 1. The van der Waals surface area contributed by atoms with E-state index < -0.39 is 29.0 Å². The second kappa shape index (κ2) is 7.53. The Labute approximate surface area is 152 Å². The summed E-state index contributed by atoms with van der Waals surface area (Å²) in [5.41, 5.74) is 1.21. The molecule has 5 nitrogen and oxygen atoms in total. The Morgan fingerprint density at radius 3 is 2.63 bits per heavy atom. The number of carbonyl (C=O) groups is 1. The van der Waals surface area contributed by atoms with Crippen molar-refractivity contribution in [1.29, 1.82) is 0 Å². The summed E-state index contributed by atoms with van der Waals surface area (Å²) in [6.45, 7) is 3.75. The minimum absolute atomic E-state index is 0.162. The van der Waals surface area contributed by atoms with Gasteiger partial charge in [0.1, 0.15) is 18.1 Å². The molecular weight excluding hydrogens is 361 g/mol. The monoisotopic (exact) mass is 376 g/mol. The van der Waals surface area contributed by atoms with Crippen molar-refractivity contribution in [2.75, 3.05) is 5.32 Å². The van der Waals surface area contributed by atoms with Gasteiger partial charge >= 0.3 is 0 Å². The molecule has 0 aliphatic rings. The average molecular weight is 376 g/mol. The largest absolute Gasteiger partial charge is 0.489 e. The van der Waals surface area contributed by atoms with Crippen molar-refractivity contribution in [1.82, 2.24) is 5.16 Å². The van der Waals surface area contributed by atoms with Crippen LogP contribution in [0.3, 0.4) is 0 Å². The number of nitrogens with one attached hydrogen (secondary N) is 1. The molecule has 0 radical (unpaired) electrons. The van der Waals surface area contributed by atoms with E-state index >= 15 is 0 Å². The van der Waals surface area contributed by atoms with Crippen LogP contribution in [0.4, 0.5) is 18.9 Å². The SMILES string of the molecule is Cc1noc(C)c1COc1cccc(C(=O)Nc2ccc(F)c(F)c2F)c1. The quantitative estimate of drug-likeness (QED) is 0.664. The lowest BCUT2D eigenvalue weighted by Crippen LogP contribution is -2.14. The van der Waals surface area contributed by atoms with E-state index in [1.54, 1.807) is 26.0 Å². The molecule has 0 atom stereocenters. The zero-order chi connectivity index (χ0) is 19.6. The van der Waals surface area contributed by atoms with E-state index in [9.17, 15) is 18.0 Å². The van der Waals surface area contributed by atoms with Crippen LogP contribution in [0.15, 0.2) is 40.9 Å². The Balaban J connectivity index is 1.73. The minimum atomic E-state index is -1.65. The van der Waals surface area contributed by atoms with Crippen LogP contribution in [0, 0.1) is 31.3 Å². The Hall–Kier alpha value is -3.29. The first-order valence-corrected chi connectivity index (χ1v) is 7.96. The maximum atomic E-state index is 13.7. The summed E-state index contributed by atoms with van der Waals surface area (Å²) in [7, 11) is 0. The van der Waals surface area contributed by atoms with Gasteiger partial charge in [-0.2, -0.15) is 0 Å². The molecule has 0 saturated heterocycles. The van der Waals surface area contributed by atoms with Crippen molar-refractivity contribution < 1.29 is 27.2 Å². The van der Waals surface area contributed by atoms with E-state index in [-0.39, 0.29) is 12.2 Å². The first kappa shape index (κ1) is 18.5. The highest BCUT2D eigenvalue weighted by Crippen LogP contribution is 2.22. The normalized spacial score (nSPS) is 10.7. The third-order valence-electron chi connectivity index (χ3n) is 3.94. The molecule has 0 spiro atoms. The van der Waals surface area contributed by atoms with Crippen molar-refractivity contribution >= 4 is 11.6 Å². The van der Waals surface area contributed by atoms with Gasteiger partial charge in [-0.15, -0.1) is 0 Å². The second-order valence-electron chi connectivity index (χ2n) is 5.80. The summed E-state index contributed by atoms with van der Waals surface area (Å²) in [6, 6.07) is 7.84. The van der Waals surface area contributed by atoms with Crippen LogP contribution >= 0.6 is 0 Å². The number of halogens is 3. The molecule has 3 aromatic rings. The summed E-state index contributed by atoms with van der Waals surface area (Å²) in [4.78, 5) is 12.3. The number of hydrogen-bond acceptors (Lipinski definition) is 4. The standard InChI is InChI=1S/C19H15F3N2O3/c1-10-14(11(2)27-24-10)9-26-13-5-3-4-12(8-13)19(25)23-16-7-6-15(20)17(21)18(16)22/h3-8H,9H2,1-2H3,(H,23,25). The summed E-state index contributed by atoms with van der Waals surface area (Å²) in [5.74, 6) is -4.11.